The van der Waals surface area contributed by atoms with E-state index in [1.165, 1.54) is 0 Å². The quantitative estimate of drug-likeness (QED) is 0.844. The molecule has 0 amide bonds. The van der Waals surface area contributed by atoms with E-state index in [2.05, 4.69) is 0 Å². The lowest BCUT2D eigenvalue weighted by Crippen LogP contribution is -2.16. The van der Waals surface area contributed by atoms with Crippen LogP contribution in [0.1, 0.15) is 24.1 Å². The first-order chi connectivity index (χ1) is 6.60. The van der Waals surface area contributed by atoms with Gasteiger partial charge in [0.05, 0.1) is 12.6 Å². The van der Waals surface area contributed by atoms with Crippen LogP contribution >= 0.6 is 23.2 Å². The Morgan fingerprint density at radius 2 is 2.07 bits per heavy atom. The Morgan fingerprint density at radius 3 is 2.57 bits per heavy atom. The van der Waals surface area contributed by atoms with E-state index < -0.39 is 6.04 Å². The minimum atomic E-state index is -0.416. The molecular formula is C10H13Cl2NO. The highest BCUT2D eigenvalue weighted by atomic mass is 35.5. The highest BCUT2D eigenvalue weighted by molar-refractivity contribution is 6.35. The number of nitrogens with two attached hydrogens (primary N) is 1. The second kappa shape index (κ2) is 4.99. The standard InChI is InChI=1S/C10H13Cl2NO/c1-2-7-8(10(13)5-14)3-6(11)4-9(7)12/h3-4,10,14H,2,5,13H2,1H3. The molecule has 4 heteroatoms. The molecule has 0 aromatic heterocycles. The Bertz CT molecular complexity index is 328. The molecule has 0 radical (unpaired) electrons. The summed E-state index contributed by atoms with van der Waals surface area (Å²) in [5.41, 5.74) is 7.52. The lowest BCUT2D eigenvalue weighted by molar-refractivity contribution is 0.267. The molecule has 1 aromatic carbocycles. The summed E-state index contributed by atoms with van der Waals surface area (Å²) in [5.74, 6) is 0. The van der Waals surface area contributed by atoms with Crippen LogP contribution in [0.2, 0.25) is 10.0 Å². The van der Waals surface area contributed by atoms with Gasteiger partial charge >= 0.3 is 0 Å². The first-order valence-corrected chi connectivity index (χ1v) is 5.20. The minimum Gasteiger partial charge on any atom is -0.394 e. The predicted molar refractivity (Wildman–Crippen MR) is 59.9 cm³/mol. The second-order valence-corrected chi connectivity index (χ2v) is 3.94. The fourth-order valence-corrected chi connectivity index (χ4v) is 2.07. The van der Waals surface area contributed by atoms with E-state index in [9.17, 15) is 0 Å². The summed E-state index contributed by atoms with van der Waals surface area (Å²) >= 11 is 11.9. The van der Waals surface area contributed by atoms with E-state index >= 15 is 0 Å². The summed E-state index contributed by atoms with van der Waals surface area (Å²) in [5, 5.41) is 10.1. The van der Waals surface area contributed by atoms with E-state index in [0.717, 1.165) is 17.5 Å². The van der Waals surface area contributed by atoms with Gasteiger partial charge < -0.3 is 10.8 Å². The highest BCUT2D eigenvalue weighted by Gasteiger charge is 2.13. The SMILES string of the molecule is CCc1c(Cl)cc(Cl)cc1C(N)CO. The van der Waals surface area contributed by atoms with Crippen LogP contribution < -0.4 is 5.73 Å². The fourth-order valence-electron chi connectivity index (χ4n) is 1.43. The third-order valence-corrected chi connectivity index (χ3v) is 2.70. The largest absolute Gasteiger partial charge is 0.394 e. The lowest BCUT2D eigenvalue weighted by Gasteiger charge is -2.15. The van der Waals surface area contributed by atoms with Gasteiger partial charge in [0.2, 0.25) is 0 Å². The average Bonchev–Trinajstić information content (AvgIpc) is 2.15. The van der Waals surface area contributed by atoms with Crippen molar-refractivity contribution < 1.29 is 5.11 Å². The molecule has 0 aliphatic rings. The third kappa shape index (κ3) is 2.39. The molecule has 1 atom stereocenters. The van der Waals surface area contributed by atoms with E-state index in [0.29, 0.717) is 10.0 Å². The number of aliphatic hydroxyl groups excluding tert-OH is 1. The van der Waals surface area contributed by atoms with Crippen LogP contribution in [-0.2, 0) is 6.42 Å². The molecule has 0 aliphatic carbocycles. The van der Waals surface area contributed by atoms with Crippen molar-refractivity contribution in [2.24, 2.45) is 5.73 Å². The molecule has 0 heterocycles. The number of rotatable bonds is 3. The number of hydrogen-bond acceptors (Lipinski definition) is 2. The number of benzene rings is 1. The normalized spacial score (nSPS) is 12.9. The van der Waals surface area contributed by atoms with Crippen LogP contribution in [0.25, 0.3) is 0 Å². The van der Waals surface area contributed by atoms with Crippen molar-refractivity contribution in [1.29, 1.82) is 0 Å². The molecule has 2 nitrogen and oxygen atoms in total. The van der Waals surface area contributed by atoms with Gasteiger partial charge in [0.15, 0.2) is 0 Å². The topological polar surface area (TPSA) is 46.2 Å². The third-order valence-electron chi connectivity index (χ3n) is 2.14. The molecule has 78 valence electrons. The minimum absolute atomic E-state index is 0.107. The van der Waals surface area contributed by atoms with Crippen molar-refractivity contribution in [2.45, 2.75) is 19.4 Å². The smallest absolute Gasteiger partial charge is 0.0624 e. The van der Waals surface area contributed by atoms with Gasteiger partial charge in [-0.05, 0) is 29.7 Å². The molecular weight excluding hydrogens is 221 g/mol. The summed E-state index contributed by atoms with van der Waals surface area (Å²) in [4.78, 5) is 0. The molecule has 1 aromatic rings. The molecule has 3 N–H and O–H groups in total. The maximum absolute atomic E-state index is 8.98. The van der Waals surface area contributed by atoms with Crippen molar-refractivity contribution in [2.75, 3.05) is 6.61 Å². The fraction of sp³-hybridized carbons (Fsp3) is 0.400. The number of hydrogen-bond donors (Lipinski definition) is 2. The van der Waals surface area contributed by atoms with E-state index in [4.69, 9.17) is 34.0 Å². The lowest BCUT2D eigenvalue weighted by atomic mass is 9.99. The Kier molecular flexibility index (Phi) is 4.20. The van der Waals surface area contributed by atoms with Crippen LogP contribution in [0, 0.1) is 0 Å². The molecule has 1 unspecified atom stereocenters. The van der Waals surface area contributed by atoms with E-state index in [1.54, 1.807) is 12.1 Å². The van der Waals surface area contributed by atoms with Crippen LogP contribution in [0.5, 0.6) is 0 Å². The summed E-state index contributed by atoms with van der Waals surface area (Å²) in [6.07, 6.45) is 0.777. The van der Waals surface area contributed by atoms with Gasteiger partial charge in [-0.15, -0.1) is 0 Å². The van der Waals surface area contributed by atoms with Crippen molar-refractivity contribution in [3.63, 3.8) is 0 Å². The van der Waals surface area contributed by atoms with E-state index in [-0.39, 0.29) is 6.61 Å². The number of aliphatic hydroxyl groups is 1. The monoisotopic (exact) mass is 233 g/mol. The zero-order chi connectivity index (χ0) is 10.7. The summed E-state index contributed by atoms with van der Waals surface area (Å²) < 4.78 is 0. The zero-order valence-electron chi connectivity index (χ0n) is 7.93. The maximum Gasteiger partial charge on any atom is 0.0624 e. The van der Waals surface area contributed by atoms with Gasteiger partial charge in [0.1, 0.15) is 0 Å². The second-order valence-electron chi connectivity index (χ2n) is 3.10. The summed E-state index contributed by atoms with van der Waals surface area (Å²) in [7, 11) is 0. The van der Waals surface area contributed by atoms with Gasteiger partial charge in [-0.2, -0.15) is 0 Å². The highest BCUT2D eigenvalue weighted by Crippen LogP contribution is 2.28. The van der Waals surface area contributed by atoms with Crippen LogP contribution in [0.15, 0.2) is 12.1 Å². The summed E-state index contributed by atoms with van der Waals surface area (Å²) in [6.45, 7) is 1.88. The summed E-state index contributed by atoms with van der Waals surface area (Å²) in [6, 6.07) is 3.03. The van der Waals surface area contributed by atoms with Crippen molar-refractivity contribution >= 4 is 23.2 Å². The van der Waals surface area contributed by atoms with Gasteiger partial charge in [-0.3, -0.25) is 0 Å². The molecule has 1 rings (SSSR count). The molecule has 0 saturated heterocycles. The van der Waals surface area contributed by atoms with Crippen LogP contribution in [-0.4, -0.2) is 11.7 Å². The molecule has 0 spiro atoms. The van der Waals surface area contributed by atoms with Crippen LogP contribution in [0.3, 0.4) is 0 Å². The zero-order valence-corrected chi connectivity index (χ0v) is 9.44. The Morgan fingerprint density at radius 1 is 1.43 bits per heavy atom. The van der Waals surface area contributed by atoms with Gasteiger partial charge in [0.25, 0.3) is 0 Å². The van der Waals surface area contributed by atoms with Crippen molar-refractivity contribution in [3.8, 4) is 0 Å². The maximum atomic E-state index is 8.98. The predicted octanol–water partition coefficient (Wildman–Crippen LogP) is 2.55. The Hall–Kier alpha value is -0.280. The molecule has 0 bridgehead atoms. The van der Waals surface area contributed by atoms with Crippen molar-refractivity contribution in [3.05, 3.63) is 33.3 Å². The van der Waals surface area contributed by atoms with Gasteiger partial charge in [-0.1, -0.05) is 30.1 Å². The molecule has 0 saturated carbocycles. The van der Waals surface area contributed by atoms with Crippen molar-refractivity contribution in [1.82, 2.24) is 0 Å². The van der Waals surface area contributed by atoms with E-state index in [1.807, 2.05) is 6.92 Å². The van der Waals surface area contributed by atoms with Gasteiger partial charge in [0, 0.05) is 10.0 Å². The van der Waals surface area contributed by atoms with Crippen LogP contribution in [0.4, 0.5) is 0 Å². The first kappa shape index (κ1) is 11.8. The first-order valence-electron chi connectivity index (χ1n) is 4.44. The molecule has 0 aliphatic heterocycles. The molecule has 0 fully saturated rings. The Labute approximate surface area is 93.6 Å². The number of halogens is 2. The Balaban J connectivity index is 3.24. The average molecular weight is 234 g/mol. The van der Waals surface area contributed by atoms with Gasteiger partial charge in [-0.25, -0.2) is 0 Å². The molecule has 14 heavy (non-hydrogen) atoms.